The zero-order valence-electron chi connectivity index (χ0n) is 12.3. The van der Waals surface area contributed by atoms with E-state index in [1.807, 2.05) is 30.5 Å². The molecule has 5 heteroatoms. The second-order valence-electron chi connectivity index (χ2n) is 4.60. The van der Waals surface area contributed by atoms with Crippen LogP contribution in [-0.4, -0.2) is 24.2 Å². The average molecular weight is 305 g/mol. The van der Waals surface area contributed by atoms with Crippen molar-refractivity contribution in [3.63, 3.8) is 0 Å². The van der Waals surface area contributed by atoms with Crippen molar-refractivity contribution in [2.45, 2.75) is 26.7 Å². The monoisotopic (exact) mass is 305 g/mol. The number of nitrogens with zero attached hydrogens (tertiary/aromatic N) is 1. The SMILES string of the molecule is CCc1cccc(OCCOC(=O)Cc2csc(C)n2)c1. The lowest BCUT2D eigenvalue weighted by atomic mass is 10.2. The predicted molar refractivity (Wildman–Crippen MR) is 82.8 cm³/mol. The van der Waals surface area contributed by atoms with E-state index in [1.54, 1.807) is 0 Å². The molecule has 0 unspecified atom stereocenters. The van der Waals surface area contributed by atoms with E-state index in [1.165, 1.54) is 16.9 Å². The quantitative estimate of drug-likeness (QED) is 0.582. The van der Waals surface area contributed by atoms with Gasteiger partial charge in [0, 0.05) is 5.38 Å². The largest absolute Gasteiger partial charge is 0.490 e. The lowest BCUT2D eigenvalue weighted by molar-refractivity contribution is -0.143. The number of carbonyl (C=O) groups excluding carboxylic acids is 1. The van der Waals surface area contributed by atoms with Crippen molar-refractivity contribution >= 4 is 17.3 Å². The summed E-state index contributed by atoms with van der Waals surface area (Å²) in [5.41, 5.74) is 1.99. The Labute approximate surface area is 128 Å². The van der Waals surface area contributed by atoms with Crippen LogP contribution in [0.2, 0.25) is 0 Å². The smallest absolute Gasteiger partial charge is 0.312 e. The molecule has 1 aromatic heterocycles. The lowest BCUT2D eigenvalue weighted by Gasteiger charge is -2.08. The van der Waals surface area contributed by atoms with Gasteiger partial charge < -0.3 is 9.47 Å². The molecule has 0 aliphatic rings. The lowest BCUT2D eigenvalue weighted by Crippen LogP contribution is -2.14. The van der Waals surface area contributed by atoms with Crippen molar-refractivity contribution in [3.8, 4) is 5.75 Å². The van der Waals surface area contributed by atoms with Crippen LogP contribution >= 0.6 is 11.3 Å². The van der Waals surface area contributed by atoms with Gasteiger partial charge in [0.25, 0.3) is 0 Å². The third-order valence-electron chi connectivity index (χ3n) is 2.91. The van der Waals surface area contributed by atoms with Crippen LogP contribution in [0.25, 0.3) is 0 Å². The van der Waals surface area contributed by atoms with Gasteiger partial charge >= 0.3 is 5.97 Å². The van der Waals surface area contributed by atoms with Crippen molar-refractivity contribution in [2.24, 2.45) is 0 Å². The second-order valence-corrected chi connectivity index (χ2v) is 5.67. The van der Waals surface area contributed by atoms with Gasteiger partial charge in [-0.2, -0.15) is 0 Å². The fourth-order valence-corrected chi connectivity index (χ4v) is 2.47. The number of aromatic nitrogens is 1. The van der Waals surface area contributed by atoms with E-state index in [0.717, 1.165) is 22.9 Å². The molecular weight excluding hydrogens is 286 g/mol. The minimum Gasteiger partial charge on any atom is -0.490 e. The van der Waals surface area contributed by atoms with Gasteiger partial charge in [-0.3, -0.25) is 4.79 Å². The highest BCUT2D eigenvalue weighted by Crippen LogP contribution is 2.13. The number of thiazole rings is 1. The molecule has 0 fully saturated rings. The van der Waals surface area contributed by atoms with E-state index in [9.17, 15) is 4.79 Å². The summed E-state index contributed by atoms with van der Waals surface area (Å²) in [6, 6.07) is 7.92. The maximum absolute atomic E-state index is 11.6. The first-order valence-corrected chi connectivity index (χ1v) is 7.83. The molecule has 0 spiro atoms. The predicted octanol–water partition coefficient (Wildman–Crippen LogP) is 3.18. The Kier molecular flexibility index (Phi) is 5.75. The van der Waals surface area contributed by atoms with Crippen molar-refractivity contribution in [1.29, 1.82) is 0 Å². The molecule has 0 atom stereocenters. The molecule has 2 aromatic rings. The number of aryl methyl sites for hydroxylation is 2. The first kappa shape index (κ1) is 15.5. The van der Waals surface area contributed by atoms with Gasteiger partial charge in [0.15, 0.2) is 0 Å². The van der Waals surface area contributed by atoms with E-state index < -0.39 is 0 Å². The molecular formula is C16H19NO3S. The Morgan fingerprint density at radius 3 is 2.90 bits per heavy atom. The molecule has 1 aromatic carbocycles. The standard InChI is InChI=1S/C16H19NO3S/c1-3-13-5-4-6-15(9-13)19-7-8-20-16(18)10-14-11-21-12(2)17-14/h4-6,9,11H,3,7-8,10H2,1-2H3. The van der Waals surface area contributed by atoms with Gasteiger partial charge in [-0.15, -0.1) is 11.3 Å². The normalized spacial score (nSPS) is 10.4. The molecule has 0 amide bonds. The Morgan fingerprint density at radius 1 is 1.33 bits per heavy atom. The molecule has 0 saturated carbocycles. The van der Waals surface area contributed by atoms with E-state index in [4.69, 9.17) is 9.47 Å². The van der Waals surface area contributed by atoms with Crippen molar-refractivity contribution in [1.82, 2.24) is 4.98 Å². The number of carbonyl (C=O) groups is 1. The van der Waals surface area contributed by atoms with Crippen LogP contribution in [-0.2, 0) is 22.4 Å². The molecule has 1 heterocycles. The van der Waals surface area contributed by atoms with Crippen molar-refractivity contribution in [3.05, 3.63) is 45.9 Å². The highest BCUT2D eigenvalue weighted by atomic mass is 32.1. The molecule has 0 aliphatic heterocycles. The third-order valence-corrected chi connectivity index (χ3v) is 3.74. The maximum Gasteiger partial charge on any atom is 0.312 e. The summed E-state index contributed by atoms with van der Waals surface area (Å²) in [6.45, 7) is 4.62. The van der Waals surface area contributed by atoms with Crippen LogP contribution in [0, 0.1) is 6.92 Å². The summed E-state index contributed by atoms with van der Waals surface area (Å²) in [5, 5.41) is 2.83. The van der Waals surface area contributed by atoms with Gasteiger partial charge in [-0.1, -0.05) is 19.1 Å². The number of benzene rings is 1. The molecule has 0 saturated heterocycles. The minimum atomic E-state index is -0.272. The van der Waals surface area contributed by atoms with Crippen LogP contribution in [0.3, 0.4) is 0 Å². The fraction of sp³-hybridized carbons (Fsp3) is 0.375. The minimum absolute atomic E-state index is 0.218. The summed E-state index contributed by atoms with van der Waals surface area (Å²) in [6.07, 6.45) is 1.19. The Hall–Kier alpha value is -1.88. The molecule has 0 bridgehead atoms. The van der Waals surface area contributed by atoms with Crippen LogP contribution in [0.1, 0.15) is 23.2 Å². The zero-order valence-corrected chi connectivity index (χ0v) is 13.1. The highest BCUT2D eigenvalue weighted by Gasteiger charge is 2.07. The van der Waals surface area contributed by atoms with E-state index in [2.05, 4.69) is 18.0 Å². The zero-order chi connectivity index (χ0) is 15.1. The average Bonchev–Trinajstić information content (AvgIpc) is 2.89. The van der Waals surface area contributed by atoms with Gasteiger partial charge in [0.05, 0.1) is 17.1 Å². The Morgan fingerprint density at radius 2 is 2.19 bits per heavy atom. The maximum atomic E-state index is 11.6. The first-order valence-electron chi connectivity index (χ1n) is 6.95. The summed E-state index contributed by atoms with van der Waals surface area (Å²) < 4.78 is 10.7. The second kappa shape index (κ2) is 7.78. The number of hydrogen-bond donors (Lipinski definition) is 0. The molecule has 112 valence electrons. The van der Waals surface area contributed by atoms with E-state index in [-0.39, 0.29) is 19.0 Å². The van der Waals surface area contributed by atoms with Gasteiger partial charge in [-0.25, -0.2) is 4.98 Å². The van der Waals surface area contributed by atoms with Crippen LogP contribution in [0.4, 0.5) is 0 Å². The number of hydrogen-bond acceptors (Lipinski definition) is 5. The van der Waals surface area contributed by atoms with Crippen molar-refractivity contribution < 1.29 is 14.3 Å². The summed E-state index contributed by atoms with van der Waals surface area (Å²) in [4.78, 5) is 15.9. The Bertz CT molecular complexity index is 595. The van der Waals surface area contributed by atoms with E-state index >= 15 is 0 Å². The fourth-order valence-electron chi connectivity index (χ4n) is 1.86. The highest BCUT2D eigenvalue weighted by molar-refractivity contribution is 7.09. The van der Waals surface area contributed by atoms with E-state index in [0.29, 0.717) is 6.61 Å². The molecule has 0 N–H and O–H groups in total. The van der Waals surface area contributed by atoms with Crippen molar-refractivity contribution in [2.75, 3.05) is 13.2 Å². The van der Waals surface area contributed by atoms with Gasteiger partial charge in [0.1, 0.15) is 19.0 Å². The van der Waals surface area contributed by atoms with Gasteiger partial charge in [-0.05, 0) is 31.0 Å². The molecule has 2 rings (SSSR count). The van der Waals surface area contributed by atoms with Crippen LogP contribution in [0.15, 0.2) is 29.6 Å². The third kappa shape index (κ3) is 5.19. The van der Waals surface area contributed by atoms with Crippen LogP contribution in [0.5, 0.6) is 5.75 Å². The van der Waals surface area contributed by atoms with Crippen LogP contribution < -0.4 is 4.74 Å². The Balaban J connectivity index is 1.68. The summed E-state index contributed by atoms with van der Waals surface area (Å²) >= 11 is 1.53. The molecule has 0 aliphatic carbocycles. The topological polar surface area (TPSA) is 48.4 Å². The number of rotatable bonds is 7. The summed E-state index contributed by atoms with van der Waals surface area (Å²) in [7, 11) is 0. The molecule has 4 nitrogen and oxygen atoms in total. The first-order chi connectivity index (χ1) is 10.2. The summed E-state index contributed by atoms with van der Waals surface area (Å²) in [5.74, 6) is 0.534. The number of ether oxygens (including phenoxy) is 2. The molecule has 0 radical (unpaired) electrons. The molecule has 21 heavy (non-hydrogen) atoms. The van der Waals surface area contributed by atoms with Gasteiger partial charge in [0.2, 0.25) is 0 Å². The number of esters is 1.